The second-order valence-electron chi connectivity index (χ2n) is 8.28. The Morgan fingerprint density at radius 3 is 2.00 bits per heavy atom. The molecule has 0 saturated carbocycles. The molecule has 35 heavy (non-hydrogen) atoms. The first-order valence-electron chi connectivity index (χ1n) is 11.2. The predicted octanol–water partition coefficient (Wildman–Crippen LogP) is 5.02. The maximum Gasteiger partial charge on any atom is 0.407 e. The van der Waals surface area contributed by atoms with Gasteiger partial charge >= 0.3 is 12.1 Å². The molecule has 7 heteroatoms. The summed E-state index contributed by atoms with van der Waals surface area (Å²) in [7, 11) is 0. The maximum atomic E-state index is 12.4. The number of rotatable bonds is 6. The molecule has 5 rings (SSSR count). The van der Waals surface area contributed by atoms with Crippen LogP contribution in [0.15, 0.2) is 84.9 Å². The zero-order valence-electron chi connectivity index (χ0n) is 18.7. The van der Waals surface area contributed by atoms with E-state index >= 15 is 0 Å². The number of amides is 2. The molecule has 0 aromatic heterocycles. The van der Waals surface area contributed by atoms with Crippen molar-refractivity contribution in [2.24, 2.45) is 0 Å². The Morgan fingerprint density at radius 2 is 1.37 bits per heavy atom. The van der Waals surface area contributed by atoms with Crippen molar-refractivity contribution in [2.45, 2.75) is 5.92 Å². The van der Waals surface area contributed by atoms with Gasteiger partial charge in [0.25, 0.3) is 0 Å². The Balaban J connectivity index is 1.21. The maximum absolute atomic E-state index is 12.4. The summed E-state index contributed by atoms with van der Waals surface area (Å²) in [5.41, 5.74) is 4.57. The van der Waals surface area contributed by atoms with Crippen molar-refractivity contribution in [3.63, 3.8) is 0 Å². The quantitative estimate of drug-likeness (QED) is 0.370. The van der Waals surface area contributed by atoms with E-state index in [9.17, 15) is 19.5 Å². The minimum absolute atomic E-state index is 0.0295. The van der Waals surface area contributed by atoms with Crippen LogP contribution in [-0.2, 0) is 9.53 Å². The molecule has 0 atom stereocenters. The van der Waals surface area contributed by atoms with E-state index < -0.39 is 18.0 Å². The largest absolute Gasteiger partial charge is 0.478 e. The molecule has 1 aliphatic rings. The third kappa shape index (κ3) is 4.44. The Labute approximate surface area is 201 Å². The van der Waals surface area contributed by atoms with Crippen molar-refractivity contribution in [3.05, 3.63) is 102 Å². The Kier molecular flexibility index (Phi) is 5.89. The lowest BCUT2D eigenvalue weighted by molar-refractivity contribution is -0.115. The first-order valence-corrected chi connectivity index (χ1v) is 11.2. The number of fused-ring (bicyclic) bond motifs is 4. The highest BCUT2D eigenvalue weighted by Crippen LogP contribution is 2.44. The van der Waals surface area contributed by atoms with Gasteiger partial charge in [-0.1, -0.05) is 72.8 Å². The van der Waals surface area contributed by atoms with Crippen LogP contribution in [0.3, 0.4) is 0 Å². The molecule has 0 aliphatic heterocycles. The summed E-state index contributed by atoms with van der Waals surface area (Å²) in [5.74, 6) is -1.80. The number of alkyl carbamates (subject to hydrolysis) is 1. The third-order valence-electron chi connectivity index (χ3n) is 6.13. The molecular weight excluding hydrogens is 444 g/mol. The molecule has 2 amide bonds. The van der Waals surface area contributed by atoms with Crippen molar-refractivity contribution in [1.82, 2.24) is 5.32 Å². The molecule has 4 aromatic carbocycles. The second kappa shape index (κ2) is 9.30. The number of carboxylic acid groups (broad SMARTS) is 1. The van der Waals surface area contributed by atoms with Crippen LogP contribution in [-0.4, -0.2) is 36.2 Å². The van der Waals surface area contributed by atoms with Crippen molar-refractivity contribution >= 4 is 34.4 Å². The SMILES string of the molecule is O=C(CNC(=O)OCC1c2ccccc2-c2ccccc21)Nc1cc2ccccc2cc1C(=O)O. The van der Waals surface area contributed by atoms with Gasteiger partial charge in [-0.25, -0.2) is 9.59 Å². The average molecular weight is 466 g/mol. The highest BCUT2D eigenvalue weighted by molar-refractivity contribution is 6.05. The van der Waals surface area contributed by atoms with Crippen molar-refractivity contribution in [3.8, 4) is 11.1 Å². The molecule has 0 heterocycles. The number of hydrogen-bond donors (Lipinski definition) is 3. The topological polar surface area (TPSA) is 105 Å². The number of carboxylic acids is 1. The lowest BCUT2D eigenvalue weighted by Crippen LogP contribution is -2.34. The summed E-state index contributed by atoms with van der Waals surface area (Å²) in [5, 5.41) is 16.1. The van der Waals surface area contributed by atoms with Crippen LogP contribution < -0.4 is 10.6 Å². The zero-order chi connectivity index (χ0) is 24.4. The van der Waals surface area contributed by atoms with Crippen LogP contribution >= 0.6 is 0 Å². The lowest BCUT2D eigenvalue weighted by atomic mass is 9.98. The van der Waals surface area contributed by atoms with E-state index in [-0.39, 0.29) is 30.3 Å². The third-order valence-corrected chi connectivity index (χ3v) is 6.13. The van der Waals surface area contributed by atoms with Crippen LogP contribution in [0.25, 0.3) is 21.9 Å². The van der Waals surface area contributed by atoms with Crippen LogP contribution in [0.2, 0.25) is 0 Å². The molecule has 174 valence electrons. The Hall–Kier alpha value is -4.65. The Morgan fingerprint density at radius 1 is 0.800 bits per heavy atom. The fourth-order valence-electron chi connectivity index (χ4n) is 4.52. The van der Waals surface area contributed by atoms with Crippen LogP contribution in [0.4, 0.5) is 10.5 Å². The summed E-state index contributed by atoms with van der Waals surface area (Å²) >= 11 is 0. The molecule has 1 aliphatic carbocycles. The molecule has 0 bridgehead atoms. The molecule has 0 spiro atoms. The van der Waals surface area contributed by atoms with Crippen molar-refractivity contribution < 1.29 is 24.2 Å². The summed E-state index contributed by atoms with van der Waals surface area (Å²) in [6.07, 6.45) is -0.723. The molecule has 0 radical (unpaired) electrons. The lowest BCUT2D eigenvalue weighted by Gasteiger charge is -2.15. The van der Waals surface area contributed by atoms with Gasteiger partial charge in [0.05, 0.1) is 11.3 Å². The van der Waals surface area contributed by atoms with Crippen molar-refractivity contribution in [1.29, 1.82) is 0 Å². The van der Waals surface area contributed by atoms with Gasteiger partial charge in [-0.15, -0.1) is 0 Å². The monoisotopic (exact) mass is 466 g/mol. The normalized spacial score (nSPS) is 12.0. The highest BCUT2D eigenvalue weighted by Gasteiger charge is 2.29. The number of anilines is 1. The van der Waals surface area contributed by atoms with Gasteiger partial charge in [0.2, 0.25) is 5.91 Å². The van der Waals surface area contributed by atoms with Gasteiger partial charge in [0.15, 0.2) is 0 Å². The number of hydrogen-bond acceptors (Lipinski definition) is 4. The zero-order valence-corrected chi connectivity index (χ0v) is 18.7. The van der Waals surface area contributed by atoms with E-state index in [0.717, 1.165) is 33.0 Å². The summed E-state index contributed by atoms with van der Waals surface area (Å²) < 4.78 is 5.44. The van der Waals surface area contributed by atoms with Crippen molar-refractivity contribution in [2.75, 3.05) is 18.5 Å². The van der Waals surface area contributed by atoms with Gasteiger partial charge in [-0.3, -0.25) is 4.79 Å². The van der Waals surface area contributed by atoms with Gasteiger partial charge < -0.3 is 20.5 Å². The number of carbonyl (C=O) groups is 3. The number of benzene rings is 4. The van der Waals surface area contributed by atoms with E-state index in [2.05, 4.69) is 22.8 Å². The number of carbonyl (C=O) groups excluding carboxylic acids is 2. The number of aromatic carboxylic acids is 1. The fourth-order valence-corrected chi connectivity index (χ4v) is 4.52. The average Bonchev–Trinajstić information content (AvgIpc) is 3.19. The molecule has 0 unspecified atom stereocenters. The number of ether oxygens (including phenoxy) is 1. The Bertz CT molecular complexity index is 1420. The molecule has 0 saturated heterocycles. The van der Waals surface area contributed by atoms with Gasteiger partial charge in [0.1, 0.15) is 13.2 Å². The van der Waals surface area contributed by atoms with Crippen LogP contribution in [0.5, 0.6) is 0 Å². The highest BCUT2D eigenvalue weighted by atomic mass is 16.5. The van der Waals surface area contributed by atoms with E-state index in [1.165, 1.54) is 6.07 Å². The summed E-state index contributed by atoms with van der Waals surface area (Å²) in [4.78, 5) is 36.4. The molecular formula is C28H22N2O5. The molecule has 4 aromatic rings. The predicted molar refractivity (Wildman–Crippen MR) is 133 cm³/mol. The fraction of sp³-hybridized carbons (Fsp3) is 0.107. The standard InChI is InChI=1S/C28H22N2O5/c31-26(30-25-14-18-8-2-1-7-17(18)13-23(25)27(32)33)15-29-28(34)35-16-24-21-11-5-3-9-19(21)20-10-4-6-12-22(20)24/h1-14,24H,15-16H2,(H,29,34)(H,30,31)(H,32,33). The van der Waals surface area contributed by atoms with E-state index in [4.69, 9.17) is 4.74 Å². The summed E-state index contributed by atoms with van der Waals surface area (Å²) in [6.45, 7) is -0.224. The van der Waals surface area contributed by atoms with Gasteiger partial charge in [0, 0.05) is 5.92 Å². The van der Waals surface area contributed by atoms with Gasteiger partial charge in [-0.2, -0.15) is 0 Å². The van der Waals surface area contributed by atoms with E-state index in [1.807, 2.05) is 54.6 Å². The molecule has 7 nitrogen and oxygen atoms in total. The van der Waals surface area contributed by atoms with E-state index in [0.29, 0.717) is 0 Å². The molecule has 0 fully saturated rings. The first-order chi connectivity index (χ1) is 17.0. The van der Waals surface area contributed by atoms with Crippen LogP contribution in [0.1, 0.15) is 27.4 Å². The molecule has 3 N–H and O–H groups in total. The second-order valence-corrected chi connectivity index (χ2v) is 8.28. The minimum atomic E-state index is -1.16. The first kappa shape index (κ1) is 22.2. The minimum Gasteiger partial charge on any atom is -0.478 e. The van der Waals surface area contributed by atoms with E-state index in [1.54, 1.807) is 12.1 Å². The summed E-state index contributed by atoms with van der Waals surface area (Å²) in [6, 6.07) is 26.4. The smallest absolute Gasteiger partial charge is 0.407 e. The van der Waals surface area contributed by atoms with Crippen LogP contribution in [0, 0.1) is 0 Å². The van der Waals surface area contributed by atoms with Gasteiger partial charge in [-0.05, 0) is 45.2 Å². The number of nitrogens with one attached hydrogen (secondary N) is 2.